The van der Waals surface area contributed by atoms with E-state index in [1.54, 1.807) is 136 Å². The molecule has 14 rings (SSSR count). The second kappa shape index (κ2) is 41.7. The quantitative estimate of drug-likeness (QED) is 0.0328. The molecule has 0 unspecified atom stereocenters. The fraction of sp³-hybridized carbons (Fsp3) is 0.538. The number of carbonyl (C=O) groups excluding carboxylic acids is 12. The van der Waals surface area contributed by atoms with Crippen molar-refractivity contribution in [1.82, 2.24) is 64.9 Å². The summed E-state index contributed by atoms with van der Waals surface area (Å²) in [5.74, 6) is -3.90. The maximum absolute atomic E-state index is 13.5. The number of carbonyl (C=O) groups is 12. The molecule has 0 bridgehead atoms. The van der Waals surface area contributed by atoms with Crippen molar-refractivity contribution in [2.75, 3.05) is 59.1 Å². The monoisotopic (exact) mass is 1730 g/mol. The number of aliphatic hydroxyl groups excluding tert-OH is 1. The number of hydrogen-bond acceptors (Lipinski definition) is 24. The lowest BCUT2D eigenvalue weighted by atomic mass is 10.0. The molecule has 3 aromatic carbocycles. The van der Waals surface area contributed by atoms with Gasteiger partial charge in [-0.2, -0.15) is 0 Å². The van der Waals surface area contributed by atoms with E-state index in [-0.39, 0.29) is 89.9 Å². The zero-order chi connectivity index (χ0) is 90.2. The minimum Gasteiger partial charge on any atom is -0.464 e. The van der Waals surface area contributed by atoms with Crippen molar-refractivity contribution in [3.63, 3.8) is 0 Å². The Morgan fingerprint density at radius 1 is 0.472 bits per heavy atom. The largest absolute Gasteiger partial charge is 0.464 e. The number of esters is 3. The summed E-state index contributed by atoms with van der Waals surface area (Å²) >= 11 is 0. The third kappa shape index (κ3) is 24.8. The van der Waals surface area contributed by atoms with Gasteiger partial charge in [-0.1, -0.05) is 98.5 Å². The number of rotatable bonds is 17. The van der Waals surface area contributed by atoms with Crippen LogP contribution in [0, 0.1) is 17.8 Å². The van der Waals surface area contributed by atoms with E-state index in [0.717, 1.165) is 37.1 Å². The fourth-order valence-electron chi connectivity index (χ4n) is 15.6. The van der Waals surface area contributed by atoms with E-state index in [1.807, 2.05) is 36.4 Å². The first kappa shape index (κ1) is 96.9. The third-order valence-corrected chi connectivity index (χ3v) is 22.2. The van der Waals surface area contributed by atoms with Crippen LogP contribution < -0.4 is 21.3 Å². The highest BCUT2D eigenvalue weighted by atomic mass is 16.6. The summed E-state index contributed by atoms with van der Waals surface area (Å²) in [5.41, 5.74) is 1.70. The second-order valence-corrected chi connectivity index (χ2v) is 34.8. The normalized spacial score (nSPS) is 24.5. The van der Waals surface area contributed by atoms with Gasteiger partial charge in [0, 0.05) is 94.5 Å². The standard InChI is InChI=1S/2C28H37N3O7.C18H28N2O6.C9H11N.C7H6N4O.CH4/c2*1-6-20-15-28(20,24(33)36-7-2)29-23(32)22-14-21(17-31(22)26(35)38-27(3,4)5)37-25(34)30-13-12-18-10-8-9-11-19(18)16-30;1-6-11-9-18(11,15(23)25-7-2)19-14(22)13-8-12(21)10-20(13)16(24)26-17(3,4)5;1-2-4-9-7-10-6-5-8(9)3-1;12-7(10-3-1-8-5-10)11-4-2-9-6-11;/h2*6,8-11,20-22H,1,7,12-17H2,2-5H3,(H,29,32);6,11-13,21H,1,7-10H2,2-5H3,(H,19,22);1-4,10H,5-7H2;1-6H;1H4/t20-,21+,22-,28-;20-,21-,22+,28-;11-,12+,13-,18-;;;/m010.../s1. The molecule has 2 aromatic heterocycles. The summed E-state index contributed by atoms with van der Waals surface area (Å²) in [7, 11) is 0. The van der Waals surface area contributed by atoms with E-state index in [1.165, 1.54) is 65.2 Å². The molecule has 8 amide bonds. The molecule has 3 saturated carbocycles. The number of likely N-dealkylation sites (tertiary alicyclic amines) is 3. The van der Waals surface area contributed by atoms with Gasteiger partial charge >= 0.3 is 54.4 Å². The zero-order valence-corrected chi connectivity index (χ0v) is 72.9. The Kier molecular flexibility index (Phi) is 32.3. The maximum atomic E-state index is 13.5. The van der Waals surface area contributed by atoms with Gasteiger partial charge in [0.2, 0.25) is 17.7 Å². The number of aliphatic hydroxyl groups is 1. The van der Waals surface area contributed by atoms with Crippen molar-refractivity contribution in [3.05, 3.63) is 182 Å². The van der Waals surface area contributed by atoms with Crippen LogP contribution in [0.5, 0.6) is 0 Å². The third-order valence-electron chi connectivity index (χ3n) is 22.2. The molecule has 8 heterocycles. The number of imidazole rings is 2. The number of fused-ring (bicyclic) bond motifs is 3. The SMILES string of the molecule is C.C=C[C@@H]1C[C@]1(NC(=O)[C@@H]1C[C@@H](OC(=O)N2CCc3ccccc3C2)CN1C(=O)OC(C)(C)C)C(=O)OCC.C=C[C@H]1C[C@@]1(NC(=O)[C@@H]1C[C@@H](O)CN1C(=O)OC(C)(C)C)C(=O)OCC.C=C[C@H]1C[C@@]1(NC(=O)[C@@H]1C[C@@H](OC(=O)N2CCc3ccccc3C2)CN1C(=O)OC(C)(C)C)C(=O)OCC.O=C(n1ccnc1)n1ccnc1.c1ccc2c(c1)CCNC2. The molecule has 125 heavy (non-hydrogen) atoms. The molecule has 5 aromatic rings. The number of amides is 8. The van der Waals surface area contributed by atoms with Crippen molar-refractivity contribution < 1.29 is 101 Å². The molecule has 34 nitrogen and oxygen atoms in total. The number of nitrogens with zero attached hydrogens (tertiary/aromatic N) is 9. The van der Waals surface area contributed by atoms with Crippen LogP contribution in [0.15, 0.2) is 148 Å². The van der Waals surface area contributed by atoms with E-state index < -0.39 is 136 Å². The zero-order valence-electron chi connectivity index (χ0n) is 72.9. The highest BCUT2D eigenvalue weighted by Gasteiger charge is 2.65. The molecule has 9 aliphatic rings. The van der Waals surface area contributed by atoms with Crippen molar-refractivity contribution in [2.45, 2.75) is 238 Å². The highest BCUT2D eigenvalue weighted by Crippen LogP contribution is 2.48. The first-order chi connectivity index (χ1) is 58.8. The first-order valence-corrected chi connectivity index (χ1v) is 42.2. The van der Waals surface area contributed by atoms with Crippen LogP contribution in [0.4, 0.5) is 28.8 Å². The van der Waals surface area contributed by atoms with E-state index in [0.29, 0.717) is 45.4 Å². The van der Waals surface area contributed by atoms with Crippen molar-refractivity contribution in [1.29, 1.82) is 0 Å². The van der Waals surface area contributed by atoms with E-state index in [9.17, 15) is 62.6 Å². The Morgan fingerprint density at radius 2 is 0.800 bits per heavy atom. The molecule has 0 radical (unpaired) electrons. The number of aromatic nitrogens is 4. The Labute approximate surface area is 730 Å². The molecule has 0 spiro atoms. The van der Waals surface area contributed by atoms with Gasteiger partial charge in [-0.3, -0.25) is 38.2 Å². The summed E-state index contributed by atoms with van der Waals surface area (Å²) in [6, 6.07) is 21.5. The molecule has 6 aliphatic heterocycles. The van der Waals surface area contributed by atoms with Gasteiger partial charge < -0.3 is 74.1 Å². The van der Waals surface area contributed by atoms with Gasteiger partial charge in [0.25, 0.3) is 0 Å². The minimum absolute atomic E-state index is 0. The van der Waals surface area contributed by atoms with Gasteiger partial charge in [-0.25, -0.2) is 53.1 Å². The van der Waals surface area contributed by atoms with E-state index >= 15 is 0 Å². The van der Waals surface area contributed by atoms with Crippen LogP contribution >= 0.6 is 0 Å². The summed E-state index contributed by atoms with van der Waals surface area (Å²) in [6.45, 7) is 36.5. The number of β-amino-alcohol motifs (C(OH)–C–C–N with tert-alkyl or cyclic N) is 1. The van der Waals surface area contributed by atoms with Gasteiger partial charge in [0.05, 0.1) is 45.6 Å². The van der Waals surface area contributed by atoms with Gasteiger partial charge in [-0.15, -0.1) is 19.7 Å². The molecule has 3 saturated heterocycles. The predicted octanol–water partition coefficient (Wildman–Crippen LogP) is 9.91. The first-order valence-electron chi connectivity index (χ1n) is 42.2. The summed E-state index contributed by atoms with van der Waals surface area (Å²) in [4.78, 5) is 168. The van der Waals surface area contributed by atoms with Crippen molar-refractivity contribution >= 4 is 72.1 Å². The number of nitrogens with one attached hydrogen (secondary N) is 4. The van der Waals surface area contributed by atoms with Crippen molar-refractivity contribution in [3.8, 4) is 0 Å². The van der Waals surface area contributed by atoms with Gasteiger partial charge in [-0.05, 0) is 162 Å². The lowest BCUT2D eigenvalue weighted by Crippen LogP contribution is -2.53. The Bertz CT molecular complexity index is 4460. The predicted molar refractivity (Wildman–Crippen MR) is 458 cm³/mol. The van der Waals surface area contributed by atoms with Crippen LogP contribution in [0.2, 0.25) is 0 Å². The Hall–Kier alpha value is -11.9. The van der Waals surface area contributed by atoms with Crippen LogP contribution in [0.1, 0.15) is 162 Å². The number of hydrogen-bond donors (Lipinski definition) is 5. The van der Waals surface area contributed by atoms with Crippen LogP contribution in [0.3, 0.4) is 0 Å². The Morgan fingerprint density at radius 3 is 1.11 bits per heavy atom. The van der Waals surface area contributed by atoms with E-state index in [4.69, 9.17) is 37.9 Å². The topological polar surface area (TPSA) is 399 Å². The Balaban J connectivity index is 0.000000190. The average Bonchev–Trinajstić information content (AvgIpc) is 1.59. The molecule has 12 atom stereocenters. The number of ether oxygens (including phenoxy) is 8. The van der Waals surface area contributed by atoms with Crippen LogP contribution in [-0.2, 0) is 106 Å². The lowest BCUT2D eigenvalue weighted by Gasteiger charge is -2.29. The van der Waals surface area contributed by atoms with Gasteiger partial charge in [0.15, 0.2) is 0 Å². The van der Waals surface area contributed by atoms with E-state index in [2.05, 4.69) is 87.4 Å². The molecule has 678 valence electrons. The lowest BCUT2D eigenvalue weighted by molar-refractivity contribution is -0.150. The smallest absolute Gasteiger partial charge is 0.411 e. The number of benzene rings is 3. The summed E-state index contributed by atoms with van der Waals surface area (Å²) in [5, 5.41) is 21.6. The summed E-state index contributed by atoms with van der Waals surface area (Å²) in [6.07, 6.45) is 12.7. The average molecular weight is 1740 g/mol. The minimum atomic E-state index is -1.20. The molecule has 6 fully saturated rings. The van der Waals surface area contributed by atoms with Crippen LogP contribution in [-0.4, -0.2) is 250 Å². The van der Waals surface area contributed by atoms with Gasteiger partial charge in [0.1, 0.15) is 76.4 Å². The molecule has 34 heteroatoms. The highest BCUT2D eigenvalue weighted by molar-refractivity contribution is 5.97. The fourth-order valence-corrected chi connectivity index (χ4v) is 15.6. The van der Waals surface area contributed by atoms with Crippen molar-refractivity contribution in [2.24, 2.45) is 17.8 Å². The second-order valence-electron chi connectivity index (χ2n) is 34.8. The molecular weight excluding hydrogens is 1610 g/mol. The molecule has 5 N–H and O–H groups in total. The molecule has 3 aliphatic carbocycles. The maximum Gasteiger partial charge on any atom is 0.411 e. The van der Waals surface area contributed by atoms with Crippen LogP contribution in [0.25, 0.3) is 0 Å². The molecular formula is C91H123N13O21. The summed E-state index contributed by atoms with van der Waals surface area (Å²) < 4.78 is 46.1.